The van der Waals surface area contributed by atoms with E-state index in [-0.39, 0.29) is 23.3 Å². The van der Waals surface area contributed by atoms with Gasteiger partial charge in [0.15, 0.2) is 11.0 Å². The average molecular weight is 413 g/mol. The lowest BCUT2D eigenvalue weighted by atomic mass is 9.93. The average Bonchev–Trinajstić information content (AvgIpc) is 3.30. The molecule has 0 radical (unpaired) electrons. The maximum absolute atomic E-state index is 13.0. The monoisotopic (exact) mass is 412 g/mol. The number of hydrogen-bond acceptors (Lipinski definition) is 5. The van der Waals surface area contributed by atoms with Gasteiger partial charge in [0.2, 0.25) is 5.91 Å². The number of amides is 1. The number of hydrogen-bond donors (Lipinski definition) is 3. The largest absolute Gasteiger partial charge is 0.363 e. The van der Waals surface area contributed by atoms with Crippen LogP contribution in [0.2, 0.25) is 5.15 Å². The van der Waals surface area contributed by atoms with Gasteiger partial charge >= 0.3 is 0 Å². The number of carbonyl (C=O) groups excluding carboxylic acids is 1. The van der Waals surface area contributed by atoms with Crippen LogP contribution in [0.1, 0.15) is 43.1 Å². The SMILES string of the molecule is O=C(NCc1cc2cnccc2[nH]1)[C@@H]1CCc2c(Cl)nc(NC3CCC3)c(=O)n21. The van der Waals surface area contributed by atoms with Crippen LogP contribution < -0.4 is 16.2 Å². The summed E-state index contributed by atoms with van der Waals surface area (Å²) in [7, 11) is 0. The van der Waals surface area contributed by atoms with Crippen molar-refractivity contribution in [2.24, 2.45) is 0 Å². The summed E-state index contributed by atoms with van der Waals surface area (Å²) in [5.41, 5.74) is 2.21. The first-order valence-corrected chi connectivity index (χ1v) is 10.2. The summed E-state index contributed by atoms with van der Waals surface area (Å²) in [4.78, 5) is 37.5. The van der Waals surface area contributed by atoms with E-state index in [1.54, 1.807) is 12.4 Å². The predicted molar refractivity (Wildman–Crippen MR) is 110 cm³/mol. The molecule has 0 aromatic carbocycles. The Bertz CT molecular complexity index is 1120. The van der Waals surface area contributed by atoms with Gasteiger partial charge < -0.3 is 15.6 Å². The summed E-state index contributed by atoms with van der Waals surface area (Å²) < 4.78 is 1.51. The molecule has 3 aromatic rings. The third kappa shape index (κ3) is 3.27. The van der Waals surface area contributed by atoms with Gasteiger partial charge in [0.05, 0.1) is 12.2 Å². The predicted octanol–water partition coefficient (Wildman–Crippen LogP) is 2.54. The zero-order chi connectivity index (χ0) is 20.0. The van der Waals surface area contributed by atoms with E-state index in [1.165, 1.54) is 4.57 Å². The van der Waals surface area contributed by atoms with E-state index >= 15 is 0 Å². The number of H-pyrrole nitrogens is 1. The van der Waals surface area contributed by atoms with Gasteiger partial charge in [0, 0.05) is 35.0 Å². The number of rotatable bonds is 5. The first-order valence-electron chi connectivity index (χ1n) is 9.87. The summed E-state index contributed by atoms with van der Waals surface area (Å²) in [6.07, 6.45) is 7.76. The number of aromatic amines is 1. The van der Waals surface area contributed by atoms with Crippen LogP contribution in [0.15, 0.2) is 29.3 Å². The minimum atomic E-state index is -0.578. The molecule has 1 aliphatic heterocycles. The third-order valence-corrected chi connectivity index (χ3v) is 6.11. The molecule has 29 heavy (non-hydrogen) atoms. The lowest BCUT2D eigenvalue weighted by Gasteiger charge is -2.27. The maximum Gasteiger partial charge on any atom is 0.294 e. The number of halogens is 1. The van der Waals surface area contributed by atoms with E-state index in [2.05, 4.69) is 25.6 Å². The molecule has 3 aromatic heterocycles. The molecule has 8 nitrogen and oxygen atoms in total. The normalized spacial score (nSPS) is 18.4. The second-order valence-corrected chi connectivity index (χ2v) is 8.03. The number of nitrogens with zero attached hydrogens (tertiary/aromatic N) is 3. The van der Waals surface area contributed by atoms with E-state index in [9.17, 15) is 9.59 Å². The number of aromatic nitrogens is 4. The van der Waals surface area contributed by atoms with Crippen LogP contribution in [0, 0.1) is 0 Å². The number of nitrogens with one attached hydrogen (secondary N) is 3. The van der Waals surface area contributed by atoms with Crippen molar-refractivity contribution in [1.82, 2.24) is 24.8 Å². The number of carbonyl (C=O) groups is 1. The van der Waals surface area contributed by atoms with Crippen molar-refractivity contribution in [3.05, 3.63) is 51.4 Å². The molecule has 150 valence electrons. The second kappa shape index (κ2) is 7.18. The van der Waals surface area contributed by atoms with Crippen LogP contribution in [0.4, 0.5) is 5.82 Å². The molecule has 0 spiro atoms. The van der Waals surface area contributed by atoms with Gasteiger partial charge in [-0.15, -0.1) is 0 Å². The Kier molecular flexibility index (Phi) is 4.50. The number of pyridine rings is 1. The fraction of sp³-hybridized carbons (Fsp3) is 0.400. The van der Waals surface area contributed by atoms with E-state index in [0.717, 1.165) is 35.9 Å². The van der Waals surface area contributed by atoms with Crippen molar-refractivity contribution in [3.8, 4) is 0 Å². The fourth-order valence-corrected chi connectivity index (χ4v) is 4.29. The Morgan fingerprint density at radius 1 is 1.34 bits per heavy atom. The van der Waals surface area contributed by atoms with E-state index in [1.807, 2.05) is 12.1 Å². The maximum atomic E-state index is 13.0. The number of anilines is 1. The Labute approximate surface area is 171 Å². The van der Waals surface area contributed by atoms with Crippen LogP contribution in [-0.4, -0.2) is 31.5 Å². The molecule has 1 amide bonds. The molecule has 1 fully saturated rings. The zero-order valence-electron chi connectivity index (χ0n) is 15.7. The molecular formula is C20H21ClN6O2. The van der Waals surface area contributed by atoms with E-state index in [4.69, 9.17) is 11.6 Å². The van der Waals surface area contributed by atoms with Crippen LogP contribution in [0.5, 0.6) is 0 Å². The van der Waals surface area contributed by atoms with Gasteiger partial charge in [-0.1, -0.05) is 11.6 Å². The molecule has 0 saturated heterocycles. The van der Waals surface area contributed by atoms with E-state index in [0.29, 0.717) is 30.2 Å². The molecule has 4 heterocycles. The van der Waals surface area contributed by atoms with Crippen LogP contribution in [0.25, 0.3) is 10.9 Å². The van der Waals surface area contributed by atoms with Crippen LogP contribution in [0.3, 0.4) is 0 Å². The Hall–Kier alpha value is -2.87. The van der Waals surface area contributed by atoms with Crippen molar-refractivity contribution in [3.63, 3.8) is 0 Å². The number of fused-ring (bicyclic) bond motifs is 2. The molecule has 1 aliphatic carbocycles. The quantitative estimate of drug-likeness (QED) is 0.597. The van der Waals surface area contributed by atoms with Gasteiger partial charge in [-0.3, -0.25) is 19.1 Å². The molecule has 1 atom stereocenters. The van der Waals surface area contributed by atoms with Crippen molar-refractivity contribution in [2.45, 2.75) is 50.7 Å². The lowest BCUT2D eigenvalue weighted by molar-refractivity contribution is -0.124. The standard InChI is InChI=1S/C20H21ClN6O2/c21-17-15-4-5-16(27(15)20(29)18(26-17)25-12-2-1-3-12)19(28)23-10-13-8-11-9-22-7-6-14(11)24-13/h6-9,12,16,24H,1-5,10H2,(H,23,28)(H,25,26)/t16-/m0/s1. The lowest BCUT2D eigenvalue weighted by Crippen LogP contribution is -2.38. The van der Waals surface area contributed by atoms with Crippen molar-refractivity contribution in [2.75, 3.05) is 5.32 Å². The molecule has 5 rings (SSSR count). The molecule has 2 aliphatic rings. The summed E-state index contributed by atoms with van der Waals surface area (Å²) in [6, 6.07) is 3.53. The van der Waals surface area contributed by atoms with Crippen molar-refractivity contribution in [1.29, 1.82) is 0 Å². The Balaban J connectivity index is 1.35. The molecule has 3 N–H and O–H groups in total. The first-order chi connectivity index (χ1) is 14.1. The summed E-state index contributed by atoms with van der Waals surface area (Å²) in [5.74, 6) is 0.0470. The molecule has 0 bridgehead atoms. The van der Waals surface area contributed by atoms with E-state index < -0.39 is 6.04 Å². The highest BCUT2D eigenvalue weighted by molar-refractivity contribution is 6.30. The first kappa shape index (κ1) is 18.2. The van der Waals surface area contributed by atoms with Gasteiger partial charge in [-0.2, -0.15) is 0 Å². The topological polar surface area (TPSA) is 105 Å². The van der Waals surface area contributed by atoms with Crippen molar-refractivity contribution < 1.29 is 4.79 Å². The molecular weight excluding hydrogens is 392 g/mol. The van der Waals surface area contributed by atoms with Crippen LogP contribution >= 0.6 is 11.6 Å². The highest BCUT2D eigenvalue weighted by atomic mass is 35.5. The molecule has 1 saturated carbocycles. The minimum Gasteiger partial charge on any atom is -0.363 e. The van der Waals surface area contributed by atoms with Crippen molar-refractivity contribution >= 4 is 34.2 Å². The summed E-state index contributed by atoms with van der Waals surface area (Å²) in [5, 5.41) is 7.40. The highest BCUT2D eigenvalue weighted by Crippen LogP contribution is 2.30. The van der Waals surface area contributed by atoms with Gasteiger partial charge in [-0.25, -0.2) is 4.98 Å². The van der Waals surface area contributed by atoms with Gasteiger partial charge in [-0.05, 0) is 44.2 Å². The summed E-state index contributed by atoms with van der Waals surface area (Å²) in [6.45, 7) is 0.347. The summed E-state index contributed by atoms with van der Waals surface area (Å²) >= 11 is 6.33. The second-order valence-electron chi connectivity index (χ2n) is 7.68. The molecule has 0 unspecified atom stereocenters. The Morgan fingerprint density at radius 3 is 2.97 bits per heavy atom. The minimum absolute atomic E-state index is 0.195. The van der Waals surface area contributed by atoms with Gasteiger partial charge in [0.1, 0.15) is 6.04 Å². The van der Waals surface area contributed by atoms with Gasteiger partial charge in [0.25, 0.3) is 5.56 Å². The third-order valence-electron chi connectivity index (χ3n) is 5.81. The zero-order valence-corrected chi connectivity index (χ0v) is 16.5. The molecule has 9 heteroatoms. The fourth-order valence-electron chi connectivity index (χ4n) is 4.02. The smallest absolute Gasteiger partial charge is 0.294 e. The Morgan fingerprint density at radius 2 is 2.21 bits per heavy atom. The highest BCUT2D eigenvalue weighted by Gasteiger charge is 2.33. The van der Waals surface area contributed by atoms with Crippen LogP contribution in [-0.2, 0) is 17.8 Å².